The highest BCUT2D eigenvalue weighted by Gasteiger charge is 2.18. The van der Waals surface area contributed by atoms with Gasteiger partial charge in [-0.15, -0.1) is 0 Å². The van der Waals surface area contributed by atoms with Crippen molar-refractivity contribution in [3.8, 4) is 0 Å². The van der Waals surface area contributed by atoms with Gasteiger partial charge in [0.25, 0.3) is 5.91 Å². The fraction of sp³-hybridized carbons (Fsp3) is 0.458. The van der Waals surface area contributed by atoms with Crippen molar-refractivity contribution < 1.29 is 4.79 Å². The largest absolute Gasteiger partial charge is 0.367 e. The minimum Gasteiger partial charge on any atom is -0.367 e. The van der Waals surface area contributed by atoms with Crippen LogP contribution in [0, 0.1) is 5.92 Å². The molecule has 3 nitrogen and oxygen atoms in total. The van der Waals surface area contributed by atoms with Crippen LogP contribution in [-0.2, 0) is 13.0 Å². The molecule has 3 rings (SSSR count). The number of para-hydroxylation sites is 1. The van der Waals surface area contributed by atoms with Crippen molar-refractivity contribution >= 4 is 11.6 Å². The van der Waals surface area contributed by atoms with E-state index in [1.807, 2.05) is 12.1 Å². The van der Waals surface area contributed by atoms with Gasteiger partial charge >= 0.3 is 0 Å². The van der Waals surface area contributed by atoms with Crippen molar-refractivity contribution in [3.05, 3.63) is 65.2 Å². The summed E-state index contributed by atoms with van der Waals surface area (Å²) in [7, 11) is 0. The Kier molecular flexibility index (Phi) is 6.92. The molecule has 0 spiro atoms. The number of fused-ring (bicyclic) bond motifs is 1. The van der Waals surface area contributed by atoms with Crippen molar-refractivity contribution in [2.45, 2.75) is 52.5 Å². The first kappa shape index (κ1) is 19.5. The van der Waals surface area contributed by atoms with Crippen LogP contribution in [0.1, 0.15) is 61.0 Å². The minimum atomic E-state index is 0.0445. The quantitative estimate of drug-likeness (QED) is 0.663. The van der Waals surface area contributed by atoms with Gasteiger partial charge in [-0.2, -0.15) is 0 Å². The summed E-state index contributed by atoms with van der Waals surface area (Å²) in [5.74, 6) is 0.631. The van der Waals surface area contributed by atoms with E-state index in [-0.39, 0.29) is 5.91 Å². The van der Waals surface area contributed by atoms with Crippen molar-refractivity contribution in [2.24, 2.45) is 5.92 Å². The third-order valence-electron chi connectivity index (χ3n) is 5.67. The lowest BCUT2D eigenvalue weighted by Crippen LogP contribution is -2.29. The third kappa shape index (κ3) is 5.12. The van der Waals surface area contributed by atoms with Crippen molar-refractivity contribution in [1.29, 1.82) is 0 Å². The van der Waals surface area contributed by atoms with Gasteiger partial charge in [-0.05, 0) is 48.1 Å². The number of amides is 1. The summed E-state index contributed by atoms with van der Waals surface area (Å²) < 4.78 is 0. The van der Waals surface area contributed by atoms with E-state index in [0.29, 0.717) is 5.92 Å². The molecule has 1 aliphatic rings. The Bertz CT molecular complexity index is 738. The maximum absolute atomic E-state index is 12.4. The number of unbranched alkanes of at least 4 members (excludes halogenated alkanes) is 1. The Morgan fingerprint density at radius 2 is 1.89 bits per heavy atom. The predicted molar refractivity (Wildman–Crippen MR) is 113 cm³/mol. The smallest absolute Gasteiger partial charge is 0.251 e. The summed E-state index contributed by atoms with van der Waals surface area (Å²) in [6.07, 6.45) is 5.89. The van der Waals surface area contributed by atoms with Gasteiger partial charge in [0.1, 0.15) is 0 Å². The predicted octanol–water partition coefficient (Wildman–Crippen LogP) is 5.20. The number of benzene rings is 2. The molecule has 0 radical (unpaired) electrons. The van der Waals surface area contributed by atoms with Crippen LogP contribution in [0.5, 0.6) is 0 Å². The van der Waals surface area contributed by atoms with E-state index in [9.17, 15) is 4.79 Å². The van der Waals surface area contributed by atoms with Crippen LogP contribution >= 0.6 is 0 Å². The number of nitrogens with one attached hydrogen (secondary N) is 1. The zero-order valence-electron chi connectivity index (χ0n) is 16.7. The van der Waals surface area contributed by atoms with E-state index in [4.69, 9.17) is 0 Å². The van der Waals surface area contributed by atoms with Gasteiger partial charge < -0.3 is 10.2 Å². The lowest BCUT2D eigenvalue weighted by molar-refractivity contribution is 0.0946. The van der Waals surface area contributed by atoms with Crippen LogP contribution < -0.4 is 10.2 Å². The number of nitrogens with zero attached hydrogens (tertiary/aromatic N) is 1. The molecule has 0 saturated heterocycles. The second-order valence-corrected chi connectivity index (χ2v) is 7.62. The minimum absolute atomic E-state index is 0.0445. The van der Waals surface area contributed by atoms with Crippen molar-refractivity contribution in [1.82, 2.24) is 5.32 Å². The maximum atomic E-state index is 12.4. The molecule has 0 fully saturated rings. The summed E-state index contributed by atoms with van der Waals surface area (Å²) in [5.41, 5.74) is 4.78. The highest BCUT2D eigenvalue weighted by Crippen LogP contribution is 2.28. The van der Waals surface area contributed by atoms with Crippen LogP contribution in [0.2, 0.25) is 0 Å². The molecule has 1 heterocycles. The van der Waals surface area contributed by atoms with E-state index in [1.54, 1.807) is 0 Å². The fourth-order valence-electron chi connectivity index (χ4n) is 3.84. The van der Waals surface area contributed by atoms with Gasteiger partial charge in [-0.25, -0.2) is 0 Å². The Hall–Kier alpha value is -2.29. The molecule has 0 aromatic heterocycles. The lowest BCUT2D eigenvalue weighted by atomic mass is 9.99. The highest BCUT2D eigenvalue weighted by molar-refractivity contribution is 5.94. The van der Waals surface area contributed by atoms with Crippen LogP contribution in [0.15, 0.2) is 48.5 Å². The summed E-state index contributed by atoms with van der Waals surface area (Å²) in [5, 5.41) is 3.12. The zero-order chi connectivity index (χ0) is 19.1. The SMILES string of the molecule is CCCCC(CC)CNC(=O)c1ccc(CN2CCc3ccccc32)cc1. The molecule has 2 aromatic carbocycles. The van der Waals surface area contributed by atoms with Gasteiger partial charge in [0.05, 0.1) is 0 Å². The first-order valence-electron chi connectivity index (χ1n) is 10.4. The first-order valence-corrected chi connectivity index (χ1v) is 10.4. The number of hydrogen-bond acceptors (Lipinski definition) is 2. The molecule has 3 heteroatoms. The lowest BCUT2D eigenvalue weighted by Gasteiger charge is -2.19. The van der Waals surface area contributed by atoms with Crippen LogP contribution in [0.25, 0.3) is 0 Å². The number of anilines is 1. The second-order valence-electron chi connectivity index (χ2n) is 7.62. The highest BCUT2D eigenvalue weighted by atomic mass is 16.1. The Labute approximate surface area is 163 Å². The average molecular weight is 365 g/mol. The van der Waals surface area contributed by atoms with E-state index in [2.05, 4.69) is 60.5 Å². The molecule has 1 atom stereocenters. The topological polar surface area (TPSA) is 32.3 Å². The van der Waals surface area contributed by atoms with Crippen LogP contribution in [0.3, 0.4) is 0 Å². The molecule has 1 unspecified atom stereocenters. The van der Waals surface area contributed by atoms with Crippen LogP contribution in [-0.4, -0.2) is 19.0 Å². The molecule has 1 amide bonds. The Morgan fingerprint density at radius 3 is 2.63 bits per heavy atom. The first-order chi connectivity index (χ1) is 13.2. The van der Waals surface area contributed by atoms with E-state index in [1.165, 1.54) is 36.1 Å². The standard InChI is InChI=1S/C24H32N2O/c1-3-5-8-19(4-2)17-25-24(27)22-13-11-20(12-14-22)18-26-16-15-21-9-6-7-10-23(21)26/h6-7,9-14,19H,3-5,8,15-18H2,1-2H3,(H,25,27). The molecule has 27 heavy (non-hydrogen) atoms. The van der Waals surface area contributed by atoms with Crippen molar-refractivity contribution in [3.63, 3.8) is 0 Å². The van der Waals surface area contributed by atoms with Crippen molar-refractivity contribution in [2.75, 3.05) is 18.0 Å². The molecule has 0 aliphatic carbocycles. The number of hydrogen-bond donors (Lipinski definition) is 1. The second kappa shape index (κ2) is 9.59. The molecular formula is C24H32N2O. The molecule has 0 saturated carbocycles. The monoisotopic (exact) mass is 364 g/mol. The zero-order valence-corrected chi connectivity index (χ0v) is 16.7. The molecule has 2 aromatic rings. The van der Waals surface area contributed by atoms with Gasteiger partial charge in [0, 0.05) is 30.9 Å². The van der Waals surface area contributed by atoms with E-state index >= 15 is 0 Å². The summed E-state index contributed by atoms with van der Waals surface area (Å²) in [6, 6.07) is 16.7. The maximum Gasteiger partial charge on any atom is 0.251 e. The van der Waals surface area contributed by atoms with Gasteiger partial charge in [0.15, 0.2) is 0 Å². The summed E-state index contributed by atoms with van der Waals surface area (Å²) >= 11 is 0. The normalized spacial score (nSPS) is 14.1. The average Bonchev–Trinajstić information content (AvgIpc) is 3.11. The van der Waals surface area contributed by atoms with Crippen LogP contribution in [0.4, 0.5) is 5.69 Å². The molecule has 0 bridgehead atoms. The Morgan fingerprint density at radius 1 is 1.11 bits per heavy atom. The number of carbonyl (C=O) groups excluding carboxylic acids is 1. The number of carbonyl (C=O) groups is 1. The summed E-state index contributed by atoms with van der Waals surface area (Å²) in [4.78, 5) is 14.9. The van der Waals surface area contributed by atoms with E-state index < -0.39 is 0 Å². The fourth-order valence-corrected chi connectivity index (χ4v) is 3.84. The summed E-state index contributed by atoms with van der Waals surface area (Å²) in [6.45, 7) is 7.17. The Balaban J connectivity index is 1.53. The molecular weight excluding hydrogens is 332 g/mol. The van der Waals surface area contributed by atoms with Gasteiger partial charge in [-0.3, -0.25) is 4.79 Å². The number of rotatable bonds is 9. The van der Waals surface area contributed by atoms with E-state index in [0.717, 1.165) is 38.0 Å². The van der Waals surface area contributed by atoms with Gasteiger partial charge in [-0.1, -0.05) is 63.4 Å². The van der Waals surface area contributed by atoms with Gasteiger partial charge in [0.2, 0.25) is 0 Å². The molecule has 1 N–H and O–H groups in total. The third-order valence-corrected chi connectivity index (χ3v) is 5.67. The molecule has 1 aliphatic heterocycles. The molecule has 144 valence electrons.